The number of hydrogen-bond donors (Lipinski definition) is 2. The van der Waals surface area contributed by atoms with Crippen LogP contribution in [0, 0.1) is 0 Å². The van der Waals surface area contributed by atoms with Gasteiger partial charge in [-0.1, -0.05) is 0 Å². The van der Waals surface area contributed by atoms with Crippen LogP contribution in [0.1, 0.15) is 25.3 Å². The molecule has 2 rings (SSSR count). The van der Waals surface area contributed by atoms with Crippen molar-refractivity contribution in [3.63, 3.8) is 0 Å². The molecule has 5 nitrogen and oxygen atoms in total. The first-order valence-electron chi connectivity index (χ1n) is 6.29. The van der Waals surface area contributed by atoms with Crippen molar-refractivity contribution < 1.29 is 9.84 Å². The summed E-state index contributed by atoms with van der Waals surface area (Å²) in [6.45, 7) is 4.39. The Balaban J connectivity index is 1.65. The van der Waals surface area contributed by atoms with E-state index in [4.69, 9.17) is 9.84 Å². The maximum atomic E-state index is 8.78. The molecule has 0 aliphatic heterocycles. The first-order chi connectivity index (χ1) is 8.31. The fourth-order valence-corrected chi connectivity index (χ4v) is 2.09. The molecule has 17 heavy (non-hydrogen) atoms. The summed E-state index contributed by atoms with van der Waals surface area (Å²) in [6.07, 6.45) is 6.50. The lowest BCUT2D eigenvalue weighted by molar-refractivity contribution is -0.0102. The highest BCUT2D eigenvalue weighted by molar-refractivity contribution is 5.04. The van der Waals surface area contributed by atoms with E-state index in [9.17, 15) is 0 Å². The lowest BCUT2D eigenvalue weighted by atomic mass is 9.89. The highest BCUT2D eigenvalue weighted by Crippen LogP contribution is 2.23. The summed E-state index contributed by atoms with van der Waals surface area (Å²) in [5.41, 5.74) is 1.17. The smallest absolute Gasteiger partial charge is 0.0640 e. The Labute approximate surface area is 102 Å². The molecule has 1 aliphatic carbocycles. The van der Waals surface area contributed by atoms with Crippen molar-refractivity contribution in [2.24, 2.45) is 0 Å². The Bertz CT molecular complexity index is 334. The zero-order valence-corrected chi connectivity index (χ0v) is 10.3. The van der Waals surface area contributed by atoms with Gasteiger partial charge >= 0.3 is 0 Å². The second-order valence-corrected chi connectivity index (χ2v) is 4.46. The van der Waals surface area contributed by atoms with Gasteiger partial charge in [0.15, 0.2) is 0 Å². The van der Waals surface area contributed by atoms with Gasteiger partial charge in [0.25, 0.3) is 0 Å². The highest BCUT2D eigenvalue weighted by Gasteiger charge is 2.28. The van der Waals surface area contributed by atoms with Crippen molar-refractivity contribution >= 4 is 0 Å². The van der Waals surface area contributed by atoms with E-state index in [0.717, 1.165) is 26.0 Å². The average Bonchev–Trinajstić information content (AvgIpc) is 2.70. The summed E-state index contributed by atoms with van der Waals surface area (Å²) < 4.78 is 7.28. The molecule has 0 bridgehead atoms. The molecule has 2 N–H and O–H groups in total. The minimum absolute atomic E-state index is 0.132. The Morgan fingerprint density at radius 2 is 2.41 bits per heavy atom. The van der Waals surface area contributed by atoms with Crippen LogP contribution >= 0.6 is 0 Å². The number of hydrogen-bond acceptors (Lipinski definition) is 4. The third-order valence-electron chi connectivity index (χ3n) is 3.11. The van der Waals surface area contributed by atoms with Crippen molar-refractivity contribution in [2.45, 2.75) is 45.0 Å². The predicted molar refractivity (Wildman–Crippen MR) is 64.6 cm³/mol. The van der Waals surface area contributed by atoms with Gasteiger partial charge in [-0.3, -0.25) is 4.68 Å². The lowest BCUT2D eigenvalue weighted by Crippen LogP contribution is -2.45. The number of ether oxygens (including phenoxy) is 1. The third kappa shape index (κ3) is 3.52. The second kappa shape index (κ2) is 6.14. The van der Waals surface area contributed by atoms with E-state index < -0.39 is 0 Å². The van der Waals surface area contributed by atoms with Gasteiger partial charge in [-0.25, -0.2) is 0 Å². The predicted octanol–water partition coefficient (Wildman–Crippen LogP) is 0.533. The molecule has 0 aromatic carbocycles. The maximum Gasteiger partial charge on any atom is 0.0640 e. The van der Waals surface area contributed by atoms with Gasteiger partial charge in [0, 0.05) is 31.0 Å². The molecule has 0 saturated heterocycles. The molecule has 1 fully saturated rings. The molecule has 0 amide bonds. The first kappa shape index (κ1) is 12.5. The van der Waals surface area contributed by atoms with Crippen molar-refractivity contribution in [2.75, 3.05) is 13.2 Å². The normalized spacial score (nSPS) is 23.6. The molecule has 0 spiro atoms. The second-order valence-electron chi connectivity index (χ2n) is 4.46. The van der Waals surface area contributed by atoms with Gasteiger partial charge in [-0.15, -0.1) is 0 Å². The molecule has 0 atom stereocenters. The van der Waals surface area contributed by atoms with Gasteiger partial charge in [0.05, 0.1) is 25.5 Å². The summed E-state index contributed by atoms with van der Waals surface area (Å²) >= 11 is 0. The van der Waals surface area contributed by atoms with Gasteiger partial charge in [0.2, 0.25) is 0 Å². The summed E-state index contributed by atoms with van der Waals surface area (Å²) in [4.78, 5) is 0. The Kier molecular flexibility index (Phi) is 4.53. The monoisotopic (exact) mass is 239 g/mol. The molecule has 1 aliphatic rings. The van der Waals surface area contributed by atoms with Crippen LogP contribution in [0.15, 0.2) is 12.4 Å². The van der Waals surface area contributed by atoms with Crippen molar-refractivity contribution in [3.8, 4) is 0 Å². The van der Waals surface area contributed by atoms with Crippen LogP contribution in [0.25, 0.3) is 0 Å². The molecule has 5 heteroatoms. The maximum absolute atomic E-state index is 8.78. The fraction of sp³-hybridized carbons (Fsp3) is 0.750. The largest absolute Gasteiger partial charge is 0.394 e. The minimum atomic E-state index is 0.132. The first-order valence-corrected chi connectivity index (χ1v) is 6.29. The highest BCUT2D eigenvalue weighted by atomic mass is 16.5. The number of aliphatic hydroxyl groups is 1. The van der Waals surface area contributed by atoms with Crippen LogP contribution < -0.4 is 5.32 Å². The number of nitrogens with one attached hydrogen (secondary N) is 1. The Hall–Kier alpha value is -0.910. The Morgan fingerprint density at radius 1 is 1.59 bits per heavy atom. The van der Waals surface area contributed by atoms with E-state index >= 15 is 0 Å². The van der Waals surface area contributed by atoms with Gasteiger partial charge < -0.3 is 15.2 Å². The van der Waals surface area contributed by atoms with Crippen LogP contribution in [-0.2, 0) is 17.8 Å². The topological polar surface area (TPSA) is 59.3 Å². The van der Waals surface area contributed by atoms with Crippen LogP contribution in [0.4, 0.5) is 0 Å². The van der Waals surface area contributed by atoms with Crippen molar-refractivity contribution in [3.05, 3.63) is 18.0 Å². The van der Waals surface area contributed by atoms with Crippen LogP contribution in [0.5, 0.6) is 0 Å². The van der Waals surface area contributed by atoms with Crippen molar-refractivity contribution in [1.82, 2.24) is 15.1 Å². The van der Waals surface area contributed by atoms with Crippen LogP contribution in [0.2, 0.25) is 0 Å². The molecular formula is C12H21N3O2. The van der Waals surface area contributed by atoms with E-state index in [1.165, 1.54) is 5.56 Å². The Morgan fingerprint density at radius 3 is 3.12 bits per heavy atom. The number of aliphatic hydroxyl groups excluding tert-OH is 1. The molecule has 1 aromatic rings. The van der Waals surface area contributed by atoms with E-state index in [2.05, 4.69) is 10.4 Å². The van der Waals surface area contributed by atoms with E-state index in [-0.39, 0.29) is 6.61 Å². The molecule has 0 unspecified atom stereocenters. The summed E-state index contributed by atoms with van der Waals surface area (Å²) in [5, 5.41) is 16.4. The molecule has 1 aromatic heterocycles. The minimum Gasteiger partial charge on any atom is -0.394 e. The number of aromatic nitrogens is 2. The van der Waals surface area contributed by atoms with Gasteiger partial charge in [-0.05, 0) is 19.8 Å². The number of nitrogens with zero attached hydrogens (tertiary/aromatic N) is 2. The molecule has 0 radical (unpaired) electrons. The molecule has 1 saturated carbocycles. The fourth-order valence-electron chi connectivity index (χ4n) is 2.09. The van der Waals surface area contributed by atoms with Gasteiger partial charge in [0.1, 0.15) is 0 Å². The van der Waals surface area contributed by atoms with E-state index in [1.807, 2.05) is 19.3 Å². The standard InChI is InChI=1S/C12H21N3O2/c1-2-17-12-5-11(6-12)13-7-10-8-14-15(9-10)3-4-16/h8-9,11-13,16H,2-7H2,1H3. The average molecular weight is 239 g/mol. The summed E-state index contributed by atoms with van der Waals surface area (Å²) in [5.74, 6) is 0. The van der Waals surface area contributed by atoms with E-state index in [0.29, 0.717) is 18.7 Å². The quantitative estimate of drug-likeness (QED) is 0.729. The lowest BCUT2D eigenvalue weighted by Gasteiger charge is -2.35. The van der Waals surface area contributed by atoms with Crippen molar-refractivity contribution in [1.29, 1.82) is 0 Å². The van der Waals surface area contributed by atoms with Crippen LogP contribution in [0.3, 0.4) is 0 Å². The zero-order valence-electron chi connectivity index (χ0n) is 10.3. The zero-order chi connectivity index (χ0) is 12.1. The number of rotatable bonds is 7. The van der Waals surface area contributed by atoms with E-state index in [1.54, 1.807) is 4.68 Å². The molecule has 1 heterocycles. The summed E-state index contributed by atoms with van der Waals surface area (Å²) in [6, 6.07) is 0.577. The third-order valence-corrected chi connectivity index (χ3v) is 3.11. The van der Waals surface area contributed by atoms with Crippen LogP contribution in [-0.4, -0.2) is 40.2 Å². The molecular weight excluding hydrogens is 218 g/mol. The van der Waals surface area contributed by atoms with Gasteiger partial charge in [-0.2, -0.15) is 5.10 Å². The molecule has 96 valence electrons. The summed E-state index contributed by atoms with van der Waals surface area (Å²) in [7, 11) is 0. The SMILES string of the molecule is CCOC1CC(NCc2cnn(CCO)c2)C1.